The lowest BCUT2D eigenvalue weighted by molar-refractivity contribution is -0.0254. The predicted octanol–water partition coefficient (Wildman–Crippen LogP) is 2.89. The van der Waals surface area contributed by atoms with E-state index in [1.165, 1.54) is 44.9 Å². The van der Waals surface area contributed by atoms with Crippen LogP contribution in [0.25, 0.3) is 0 Å². The van der Waals surface area contributed by atoms with Crippen molar-refractivity contribution in [1.82, 2.24) is 0 Å². The summed E-state index contributed by atoms with van der Waals surface area (Å²) in [5.41, 5.74) is 0. The molecule has 0 spiro atoms. The lowest BCUT2D eigenvalue weighted by Crippen LogP contribution is -2.22. The Labute approximate surface area is 106 Å². The molecule has 0 fully saturated rings. The van der Waals surface area contributed by atoms with E-state index >= 15 is 0 Å². The molecule has 0 radical (unpaired) electrons. The number of aliphatic hydroxyl groups is 2. The Morgan fingerprint density at radius 2 is 1.59 bits per heavy atom. The van der Waals surface area contributed by atoms with Crippen LogP contribution in [0, 0.1) is 0 Å². The predicted molar refractivity (Wildman–Crippen MR) is 71.1 cm³/mol. The van der Waals surface area contributed by atoms with Gasteiger partial charge in [0.2, 0.25) is 0 Å². The van der Waals surface area contributed by atoms with Crippen LogP contribution in [-0.2, 0) is 4.74 Å². The van der Waals surface area contributed by atoms with Crippen molar-refractivity contribution in [3.05, 3.63) is 0 Å². The molecule has 0 rings (SSSR count). The summed E-state index contributed by atoms with van der Waals surface area (Å²) in [6.45, 7) is 4.29. The standard InChI is InChI=1S/C14H30O3/c1-3-4-5-6-7-8-9-10-13(2)17-12-14(16)11-15/h13-16H,3-12H2,1-2H3. The van der Waals surface area contributed by atoms with E-state index in [1.54, 1.807) is 0 Å². The van der Waals surface area contributed by atoms with E-state index in [1.807, 2.05) is 6.92 Å². The molecule has 0 aliphatic heterocycles. The number of hydrogen-bond acceptors (Lipinski definition) is 3. The Kier molecular flexibility index (Phi) is 12.3. The zero-order valence-corrected chi connectivity index (χ0v) is 11.5. The molecule has 17 heavy (non-hydrogen) atoms. The van der Waals surface area contributed by atoms with Crippen LogP contribution in [0.1, 0.15) is 65.2 Å². The van der Waals surface area contributed by atoms with Crippen molar-refractivity contribution >= 4 is 0 Å². The summed E-state index contributed by atoms with van der Waals surface area (Å²) in [6.07, 6.45) is 9.69. The smallest absolute Gasteiger partial charge is 0.100 e. The van der Waals surface area contributed by atoms with Gasteiger partial charge in [0.15, 0.2) is 0 Å². The van der Waals surface area contributed by atoms with E-state index in [0.29, 0.717) is 0 Å². The first-order valence-electron chi connectivity index (χ1n) is 7.11. The number of unbranched alkanes of at least 4 members (excludes halogenated alkanes) is 6. The Morgan fingerprint density at radius 1 is 1.00 bits per heavy atom. The van der Waals surface area contributed by atoms with Gasteiger partial charge in [-0.2, -0.15) is 0 Å². The second-order valence-electron chi connectivity index (χ2n) is 4.89. The van der Waals surface area contributed by atoms with Gasteiger partial charge < -0.3 is 14.9 Å². The van der Waals surface area contributed by atoms with Crippen molar-refractivity contribution in [2.24, 2.45) is 0 Å². The lowest BCUT2D eigenvalue weighted by Gasteiger charge is -2.15. The highest BCUT2D eigenvalue weighted by atomic mass is 16.5. The summed E-state index contributed by atoms with van der Waals surface area (Å²) < 4.78 is 5.43. The normalized spacial score (nSPS) is 14.8. The molecule has 3 heteroatoms. The van der Waals surface area contributed by atoms with Crippen molar-refractivity contribution < 1.29 is 14.9 Å². The minimum atomic E-state index is -0.730. The van der Waals surface area contributed by atoms with Crippen LogP contribution >= 0.6 is 0 Å². The van der Waals surface area contributed by atoms with Crippen molar-refractivity contribution in [3.8, 4) is 0 Å². The minimum absolute atomic E-state index is 0.187. The van der Waals surface area contributed by atoms with Gasteiger partial charge in [0.25, 0.3) is 0 Å². The van der Waals surface area contributed by atoms with Gasteiger partial charge in [-0.1, -0.05) is 51.9 Å². The van der Waals surface area contributed by atoms with Crippen LogP contribution in [0.15, 0.2) is 0 Å². The molecule has 2 N–H and O–H groups in total. The third-order valence-corrected chi connectivity index (χ3v) is 3.00. The average Bonchev–Trinajstić information content (AvgIpc) is 2.34. The summed E-state index contributed by atoms with van der Waals surface area (Å²) in [5.74, 6) is 0. The molecule has 0 saturated carbocycles. The maximum absolute atomic E-state index is 9.12. The molecule has 0 bridgehead atoms. The number of rotatable bonds is 12. The first-order valence-corrected chi connectivity index (χ1v) is 7.11. The minimum Gasteiger partial charge on any atom is -0.394 e. The summed E-state index contributed by atoms with van der Waals surface area (Å²) >= 11 is 0. The van der Waals surface area contributed by atoms with Crippen LogP contribution < -0.4 is 0 Å². The molecule has 0 aliphatic carbocycles. The summed E-state index contributed by atoms with van der Waals surface area (Å²) in [4.78, 5) is 0. The molecule has 0 saturated heterocycles. The van der Waals surface area contributed by atoms with E-state index in [9.17, 15) is 0 Å². The van der Waals surface area contributed by atoms with Crippen molar-refractivity contribution in [2.75, 3.05) is 13.2 Å². The first kappa shape index (κ1) is 16.9. The number of aliphatic hydroxyl groups excluding tert-OH is 2. The topological polar surface area (TPSA) is 49.7 Å². The van der Waals surface area contributed by atoms with Gasteiger partial charge in [0.1, 0.15) is 6.10 Å². The van der Waals surface area contributed by atoms with E-state index in [-0.39, 0.29) is 19.3 Å². The fourth-order valence-electron chi connectivity index (χ4n) is 1.80. The van der Waals surface area contributed by atoms with Gasteiger partial charge in [-0.3, -0.25) is 0 Å². The van der Waals surface area contributed by atoms with E-state index in [4.69, 9.17) is 14.9 Å². The Hall–Kier alpha value is -0.120. The molecular formula is C14H30O3. The summed E-state index contributed by atoms with van der Waals surface area (Å²) in [5, 5.41) is 17.8. The van der Waals surface area contributed by atoms with Gasteiger partial charge >= 0.3 is 0 Å². The van der Waals surface area contributed by atoms with Crippen molar-refractivity contribution in [2.45, 2.75) is 77.4 Å². The Bertz CT molecular complexity index is 150. The second-order valence-corrected chi connectivity index (χ2v) is 4.89. The fourth-order valence-corrected chi connectivity index (χ4v) is 1.80. The summed E-state index contributed by atoms with van der Waals surface area (Å²) in [6, 6.07) is 0. The molecule has 0 aromatic carbocycles. The van der Waals surface area contributed by atoms with E-state index in [0.717, 1.165) is 6.42 Å². The van der Waals surface area contributed by atoms with E-state index < -0.39 is 6.10 Å². The Morgan fingerprint density at radius 3 is 2.18 bits per heavy atom. The molecule has 0 amide bonds. The number of hydrogen-bond donors (Lipinski definition) is 2. The number of ether oxygens (including phenoxy) is 1. The molecule has 104 valence electrons. The van der Waals surface area contributed by atoms with Crippen LogP contribution in [0.3, 0.4) is 0 Å². The largest absolute Gasteiger partial charge is 0.394 e. The zero-order chi connectivity index (χ0) is 12.9. The molecule has 2 atom stereocenters. The van der Waals surface area contributed by atoms with Crippen LogP contribution in [-0.4, -0.2) is 35.6 Å². The lowest BCUT2D eigenvalue weighted by atomic mass is 10.1. The maximum Gasteiger partial charge on any atom is 0.100 e. The summed E-state index contributed by atoms with van der Waals surface area (Å²) in [7, 11) is 0. The van der Waals surface area contributed by atoms with E-state index in [2.05, 4.69) is 6.92 Å². The van der Waals surface area contributed by atoms with Crippen LogP contribution in [0.2, 0.25) is 0 Å². The Balaban J connectivity index is 3.19. The quantitative estimate of drug-likeness (QED) is 0.521. The molecule has 0 aromatic rings. The molecule has 0 aromatic heterocycles. The van der Waals surface area contributed by atoms with Crippen LogP contribution in [0.5, 0.6) is 0 Å². The molecular weight excluding hydrogens is 216 g/mol. The fraction of sp³-hybridized carbons (Fsp3) is 1.00. The maximum atomic E-state index is 9.12. The van der Waals surface area contributed by atoms with Crippen molar-refractivity contribution in [3.63, 3.8) is 0 Å². The van der Waals surface area contributed by atoms with Gasteiger partial charge in [-0.25, -0.2) is 0 Å². The van der Waals surface area contributed by atoms with Gasteiger partial charge in [-0.05, 0) is 13.3 Å². The monoisotopic (exact) mass is 246 g/mol. The van der Waals surface area contributed by atoms with Gasteiger partial charge in [0, 0.05) is 0 Å². The molecule has 3 nitrogen and oxygen atoms in total. The molecule has 0 aliphatic rings. The van der Waals surface area contributed by atoms with Gasteiger partial charge in [0.05, 0.1) is 19.3 Å². The van der Waals surface area contributed by atoms with Gasteiger partial charge in [-0.15, -0.1) is 0 Å². The highest BCUT2D eigenvalue weighted by Gasteiger charge is 2.06. The average molecular weight is 246 g/mol. The van der Waals surface area contributed by atoms with Crippen molar-refractivity contribution in [1.29, 1.82) is 0 Å². The third kappa shape index (κ3) is 12.1. The highest BCUT2D eigenvalue weighted by molar-refractivity contribution is 4.55. The first-order chi connectivity index (χ1) is 8.20. The zero-order valence-electron chi connectivity index (χ0n) is 11.5. The SMILES string of the molecule is CCCCCCCCCC(C)OCC(O)CO. The highest BCUT2D eigenvalue weighted by Crippen LogP contribution is 2.11. The molecule has 0 heterocycles. The third-order valence-electron chi connectivity index (χ3n) is 3.00. The second kappa shape index (κ2) is 12.3. The molecule has 2 unspecified atom stereocenters. The van der Waals surface area contributed by atoms with Crippen LogP contribution in [0.4, 0.5) is 0 Å².